The Labute approximate surface area is 201 Å². The van der Waals surface area contributed by atoms with Gasteiger partial charge in [0, 0.05) is 54.0 Å². The third-order valence-corrected chi connectivity index (χ3v) is 6.55. The van der Waals surface area contributed by atoms with Crippen molar-refractivity contribution in [2.24, 2.45) is 0 Å². The number of ether oxygens (including phenoxy) is 1. The number of hydrogen-bond donors (Lipinski definition) is 1. The lowest BCUT2D eigenvalue weighted by molar-refractivity contribution is -0.131. The molecule has 6 nitrogen and oxygen atoms in total. The number of ketones is 1. The van der Waals surface area contributed by atoms with Gasteiger partial charge >= 0.3 is 5.97 Å². The number of aromatic amines is 1. The average Bonchev–Trinajstić information content (AvgIpc) is 3.39. The predicted octanol–water partition coefficient (Wildman–Crippen LogP) is 5.36. The molecular weight excluding hydrogens is 452 g/mol. The largest absolute Gasteiger partial charge is 0.426 e. The monoisotopic (exact) mass is 474 g/mol. The maximum absolute atomic E-state index is 13.7. The van der Waals surface area contributed by atoms with Crippen LogP contribution in [-0.2, 0) is 16.0 Å². The molecule has 1 amide bonds. The molecule has 34 heavy (non-hydrogen) atoms. The molecule has 1 N–H and O–H groups in total. The van der Waals surface area contributed by atoms with Crippen molar-refractivity contribution in [3.8, 4) is 5.75 Å². The van der Waals surface area contributed by atoms with Gasteiger partial charge in [-0.1, -0.05) is 30.3 Å². The van der Waals surface area contributed by atoms with E-state index in [1.54, 1.807) is 17.9 Å². The number of nitrogens with zero attached hydrogens (tertiary/aromatic N) is 1. The molecule has 1 aliphatic rings. The molecular formula is C27H23ClN2O4. The van der Waals surface area contributed by atoms with Crippen LogP contribution in [-0.4, -0.2) is 35.1 Å². The summed E-state index contributed by atoms with van der Waals surface area (Å²) >= 11 is 6.34. The van der Waals surface area contributed by atoms with Crippen LogP contribution in [0.4, 0.5) is 5.69 Å². The molecule has 0 spiro atoms. The highest BCUT2D eigenvalue weighted by atomic mass is 35.5. The number of H-pyrrole nitrogens is 1. The van der Waals surface area contributed by atoms with E-state index in [4.69, 9.17) is 16.3 Å². The van der Waals surface area contributed by atoms with E-state index in [-0.39, 0.29) is 17.6 Å². The van der Waals surface area contributed by atoms with Gasteiger partial charge in [-0.2, -0.15) is 0 Å². The fourth-order valence-electron chi connectivity index (χ4n) is 4.81. The van der Waals surface area contributed by atoms with Crippen molar-refractivity contribution in [2.45, 2.75) is 26.2 Å². The number of alkyl halides is 1. The number of nitrogens with one attached hydrogen (secondary N) is 1. The summed E-state index contributed by atoms with van der Waals surface area (Å²) in [5.74, 6) is 0.190. The minimum atomic E-state index is -0.424. The third-order valence-electron chi connectivity index (χ3n) is 6.18. The molecule has 3 aromatic carbocycles. The Morgan fingerprint density at radius 3 is 2.53 bits per heavy atom. The lowest BCUT2D eigenvalue weighted by atomic mass is 9.95. The van der Waals surface area contributed by atoms with E-state index >= 15 is 0 Å². The van der Waals surface area contributed by atoms with Crippen molar-refractivity contribution in [1.82, 2.24) is 4.98 Å². The lowest BCUT2D eigenvalue weighted by Gasteiger charge is -2.18. The van der Waals surface area contributed by atoms with Gasteiger partial charge in [-0.05, 0) is 41.6 Å². The second-order valence-corrected chi connectivity index (χ2v) is 9.01. The summed E-state index contributed by atoms with van der Waals surface area (Å²) in [5.41, 5.74) is 3.85. The van der Waals surface area contributed by atoms with Crippen LogP contribution in [0.15, 0.2) is 54.6 Å². The number of fused-ring (bicyclic) bond motifs is 4. The van der Waals surface area contributed by atoms with Gasteiger partial charge in [-0.25, -0.2) is 0 Å². The molecule has 0 fully saturated rings. The predicted molar refractivity (Wildman–Crippen MR) is 133 cm³/mol. The number of hydrogen-bond acceptors (Lipinski definition) is 4. The lowest BCUT2D eigenvalue weighted by Crippen LogP contribution is -2.30. The summed E-state index contributed by atoms with van der Waals surface area (Å²) in [5, 5.41) is 2.60. The molecule has 1 unspecified atom stereocenters. The second kappa shape index (κ2) is 8.61. The van der Waals surface area contributed by atoms with Crippen molar-refractivity contribution in [3.63, 3.8) is 0 Å². The number of amides is 1. The molecule has 1 aliphatic heterocycles. The SMILES string of the molecule is CC(=O)Cc1ccc2[nH]c(C(=O)N3CC(CCl)c4c3cc(OC(C)=O)c3ccccc43)cc2c1. The molecule has 1 aromatic heterocycles. The van der Waals surface area contributed by atoms with Crippen molar-refractivity contribution < 1.29 is 19.1 Å². The van der Waals surface area contributed by atoms with Gasteiger partial charge in [-0.3, -0.25) is 14.4 Å². The normalized spacial score (nSPS) is 15.0. The van der Waals surface area contributed by atoms with Crippen LogP contribution in [0.25, 0.3) is 21.7 Å². The molecule has 7 heteroatoms. The first-order chi connectivity index (χ1) is 16.4. The van der Waals surface area contributed by atoms with Crippen LogP contribution in [0.1, 0.15) is 41.4 Å². The van der Waals surface area contributed by atoms with Gasteiger partial charge in [0.05, 0.1) is 5.69 Å². The highest BCUT2D eigenvalue weighted by molar-refractivity contribution is 6.19. The van der Waals surface area contributed by atoms with Crippen molar-refractivity contribution in [1.29, 1.82) is 0 Å². The van der Waals surface area contributed by atoms with Crippen LogP contribution in [0.5, 0.6) is 5.75 Å². The van der Waals surface area contributed by atoms with E-state index in [0.29, 0.717) is 36.0 Å². The second-order valence-electron chi connectivity index (χ2n) is 8.70. The summed E-state index contributed by atoms with van der Waals surface area (Å²) < 4.78 is 5.50. The smallest absolute Gasteiger partial charge is 0.308 e. The summed E-state index contributed by atoms with van der Waals surface area (Å²) in [6.45, 7) is 3.34. The zero-order chi connectivity index (χ0) is 24.0. The first-order valence-corrected chi connectivity index (χ1v) is 11.6. The van der Waals surface area contributed by atoms with Crippen molar-refractivity contribution >= 4 is 56.6 Å². The Balaban J connectivity index is 1.59. The van der Waals surface area contributed by atoms with E-state index in [2.05, 4.69) is 4.98 Å². The van der Waals surface area contributed by atoms with Crippen LogP contribution >= 0.6 is 11.6 Å². The molecule has 172 valence electrons. The van der Waals surface area contributed by atoms with Gasteiger partial charge in [0.15, 0.2) is 0 Å². The maximum atomic E-state index is 13.7. The Kier molecular flexibility index (Phi) is 5.62. The molecule has 5 rings (SSSR count). The fraction of sp³-hybridized carbons (Fsp3) is 0.222. The molecule has 0 bridgehead atoms. The summed E-state index contributed by atoms with van der Waals surface area (Å²) in [6.07, 6.45) is 0.354. The number of carbonyl (C=O) groups is 3. The highest BCUT2D eigenvalue weighted by Crippen LogP contribution is 2.46. The molecule has 1 atom stereocenters. The summed E-state index contributed by atoms with van der Waals surface area (Å²) in [4.78, 5) is 41.8. The molecule has 0 radical (unpaired) electrons. The Hall–Kier alpha value is -3.64. The van der Waals surface area contributed by atoms with Gasteiger partial charge < -0.3 is 14.6 Å². The standard InChI is InChI=1S/C27H23ClN2O4/c1-15(31)9-17-7-8-22-18(10-17)11-23(29-22)27(33)30-14-19(13-28)26-21-6-4-3-5-20(21)25(12-24(26)30)34-16(2)32/h3-8,10-12,19,29H,9,13-14H2,1-2H3. The number of esters is 1. The van der Waals surface area contributed by atoms with Gasteiger partial charge in [-0.15, -0.1) is 11.6 Å². The quantitative estimate of drug-likeness (QED) is 0.240. The average molecular weight is 475 g/mol. The zero-order valence-electron chi connectivity index (χ0n) is 18.9. The Morgan fingerprint density at radius 1 is 1.06 bits per heavy atom. The third kappa shape index (κ3) is 3.84. The molecule has 0 aliphatic carbocycles. The molecule has 4 aromatic rings. The number of halogens is 1. The summed E-state index contributed by atoms with van der Waals surface area (Å²) in [6, 6.07) is 17.0. The minimum absolute atomic E-state index is 0.0524. The molecule has 2 heterocycles. The van der Waals surface area contributed by atoms with E-state index in [0.717, 1.165) is 32.8 Å². The maximum Gasteiger partial charge on any atom is 0.308 e. The Bertz CT molecular complexity index is 1470. The fourth-order valence-corrected chi connectivity index (χ4v) is 5.06. The number of benzene rings is 3. The number of anilines is 1. The zero-order valence-corrected chi connectivity index (χ0v) is 19.6. The number of carbonyl (C=O) groups excluding carboxylic acids is 3. The molecule has 0 saturated heterocycles. The van der Waals surface area contributed by atoms with Gasteiger partial charge in [0.2, 0.25) is 0 Å². The van der Waals surface area contributed by atoms with Crippen LogP contribution in [0.2, 0.25) is 0 Å². The van der Waals surface area contributed by atoms with E-state index in [1.807, 2.05) is 48.5 Å². The highest BCUT2D eigenvalue weighted by Gasteiger charge is 2.35. The van der Waals surface area contributed by atoms with Crippen LogP contribution < -0.4 is 9.64 Å². The van der Waals surface area contributed by atoms with E-state index in [9.17, 15) is 14.4 Å². The van der Waals surface area contributed by atoms with Crippen LogP contribution in [0, 0.1) is 0 Å². The van der Waals surface area contributed by atoms with Gasteiger partial charge in [0.25, 0.3) is 5.91 Å². The van der Waals surface area contributed by atoms with Crippen molar-refractivity contribution in [3.05, 3.63) is 71.4 Å². The first kappa shape index (κ1) is 22.2. The summed E-state index contributed by atoms with van der Waals surface area (Å²) in [7, 11) is 0. The Morgan fingerprint density at radius 2 is 1.82 bits per heavy atom. The first-order valence-electron chi connectivity index (χ1n) is 11.1. The van der Waals surface area contributed by atoms with Crippen LogP contribution in [0.3, 0.4) is 0 Å². The van der Waals surface area contributed by atoms with E-state index < -0.39 is 5.97 Å². The van der Waals surface area contributed by atoms with Gasteiger partial charge in [0.1, 0.15) is 17.2 Å². The molecule has 0 saturated carbocycles. The number of Topliss-reactive ketones (excluding diaryl/α,β-unsaturated/α-hetero) is 1. The minimum Gasteiger partial charge on any atom is -0.426 e. The van der Waals surface area contributed by atoms with E-state index in [1.165, 1.54) is 6.92 Å². The van der Waals surface area contributed by atoms with Crippen molar-refractivity contribution in [2.75, 3.05) is 17.3 Å². The number of aromatic nitrogens is 1. The number of rotatable bonds is 5. The topological polar surface area (TPSA) is 79.5 Å².